The van der Waals surface area contributed by atoms with Gasteiger partial charge in [0.1, 0.15) is 5.75 Å². The molecule has 0 aromatic carbocycles. The van der Waals surface area contributed by atoms with Crippen molar-refractivity contribution in [3.8, 4) is 5.75 Å². The van der Waals surface area contributed by atoms with Crippen molar-refractivity contribution in [3.63, 3.8) is 0 Å². The van der Waals surface area contributed by atoms with Gasteiger partial charge >= 0.3 is 0 Å². The molecule has 0 spiro atoms. The Kier molecular flexibility index (Phi) is 5.50. The zero-order valence-corrected chi connectivity index (χ0v) is 13.8. The van der Waals surface area contributed by atoms with Gasteiger partial charge in [0.05, 0.1) is 23.8 Å². The number of ether oxygens (including phenoxy) is 1. The number of piperazine rings is 1. The van der Waals surface area contributed by atoms with E-state index in [0.717, 1.165) is 49.9 Å². The van der Waals surface area contributed by atoms with Gasteiger partial charge in [0, 0.05) is 50.6 Å². The summed E-state index contributed by atoms with van der Waals surface area (Å²) in [5.74, 6) is 0.873. The van der Waals surface area contributed by atoms with Crippen LogP contribution in [-0.4, -0.2) is 59.1 Å². The summed E-state index contributed by atoms with van der Waals surface area (Å²) in [6, 6.07) is 4.14. The van der Waals surface area contributed by atoms with E-state index in [1.807, 2.05) is 19.1 Å². The van der Waals surface area contributed by atoms with E-state index in [1.54, 1.807) is 7.11 Å². The van der Waals surface area contributed by atoms with E-state index in [2.05, 4.69) is 21.7 Å². The SMILES string of the molecule is COc1cc(C)nc(CN2CCN(C(C)C(N)=S)CC2)c1. The number of thiocarbonyl (C=S) groups is 1. The Bertz CT molecular complexity index is 500. The van der Waals surface area contributed by atoms with Crippen LogP contribution in [0.5, 0.6) is 5.75 Å². The lowest BCUT2D eigenvalue weighted by molar-refractivity contribution is 0.117. The second-order valence-corrected chi connectivity index (χ2v) is 6.00. The van der Waals surface area contributed by atoms with E-state index in [0.29, 0.717) is 4.99 Å². The summed E-state index contributed by atoms with van der Waals surface area (Å²) in [7, 11) is 1.69. The highest BCUT2D eigenvalue weighted by atomic mass is 32.1. The summed E-state index contributed by atoms with van der Waals surface area (Å²) < 4.78 is 5.30. The molecule has 1 saturated heterocycles. The van der Waals surface area contributed by atoms with Crippen molar-refractivity contribution in [1.82, 2.24) is 14.8 Å². The Morgan fingerprint density at radius 3 is 2.62 bits per heavy atom. The van der Waals surface area contributed by atoms with E-state index in [-0.39, 0.29) is 6.04 Å². The van der Waals surface area contributed by atoms with Gasteiger partial charge in [-0.1, -0.05) is 12.2 Å². The molecule has 21 heavy (non-hydrogen) atoms. The molecular formula is C15H24N4OS. The summed E-state index contributed by atoms with van der Waals surface area (Å²) in [5.41, 5.74) is 7.77. The van der Waals surface area contributed by atoms with Crippen molar-refractivity contribution in [2.75, 3.05) is 33.3 Å². The molecule has 1 aliphatic heterocycles. The molecule has 1 fully saturated rings. The van der Waals surface area contributed by atoms with Crippen LogP contribution >= 0.6 is 12.2 Å². The fourth-order valence-electron chi connectivity index (χ4n) is 2.62. The summed E-state index contributed by atoms with van der Waals surface area (Å²) in [6.45, 7) is 8.91. The van der Waals surface area contributed by atoms with Crippen LogP contribution in [0.1, 0.15) is 18.3 Å². The van der Waals surface area contributed by atoms with Crippen LogP contribution in [0.15, 0.2) is 12.1 Å². The molecule has 0 radical (unpaired) electrons. The molecule has 5 nitrogen and oxygen atoms in total. The van der Waals surface area contributed by atoms with Crippen LogP contribution in [0, 0.1) is 6.92 Å². The summed E-state index contributed by atoms with van der Waals surface area (Å²) in [6.07, 6.45) is 0. The Morgan fingerprint density at radius 2 is 2.05 bits per heavy atom. The van der Waals surface area contributed by atoms with Crippen LogP contribution in [0.2, 0.25) is 0 Å². The maximum atomic E-state index is 5.73. The lowest BCUT2D eigenvalue weighted by Crippen LogP contribution is -2.52. The van der Waals surface area contributed by atoms with E-state index in [4.69, 9.17) is 22.7 Å². The lowest BCUT2D eigenvalue weighted by Gasteiger charge is -2.37. The number of aromatic nitrogens is 1. The summed E-state index contributed by atoms with van der Waals surface area (Å²) >= 11 is 5.07. The minimum atomic E-state index is 0.180. The minimum absolute atomic E-state index is 0.180. The molecule has 0 aliphatic carbocycles. The smallest absolute Gasteiger partial charge is 0.122 e. The van der Waals surface area contributed by atoms with Crippen LogP contribution in [-0.2, 0) is 6.54 Å². The van der Waals surface area contributed by atoms with Gasteiger partial charge in [-0.15, -0.1) is 0 Å². The molecule has 0 bridgehead atoms. The Labute approximate surface area is 132 Å². The number of nitrogens with zero attached hydrogens (tertiary/aromatic N) is 3. The molecule has 1 atom stereocenters. The third kappa shape index (κ3) is 4.36. The van der Waals surface area contributed by atoms with Crippen molar-refractivity contribution in [2.24, 2.45) is 5.73 Å². The third-order valence-electron chi connectivity index (χ3n) is 3.97. The fourth-order valence-corrected chi connectivity index (χ4v) is 2.77. The zero-order valence-electron chi connectivity index (χ0n) is 13.0. The number of hydrogen-bond acceptors (Lipinski definition) is 5. The van der Waals surface area contributed by atoms with Crippen LogP contribution in [0.4, 0.5) is 0 Å². The maximum Gasteiger partial charge on any atom is 0.122 e. The minimum Gasteiger partial charge on any atom is -0.497 e. The molecule has 1 aromatic heterocycles. The Hall–Kier alpha value is -1.24. The third-order valence-corrected chi connectivity index (χ3v) is 4.31. The molecular weight excluding hydrogens is 284 g/mol. The van der Waals surface area contributed by atoms with Gasteiger partial charge in [0.15, 0.2) is 0 Å². The van der Waals surface area contributed by atoms with E-state index >= 15 is 0 Å². The predicted octanol–water partition coefficient (Wildman–Crippen LogP) is 1.19. The normalized spacial score (nSPS) is 18.4. The van der Waals surface area contributed by atoms with Gasteiger partial charge in [-0.3, -0.25) is 14.8 Å². The number of pyridine rings is 1. The second-order valence-electron chi connectivity index (χ2n) is 5.53. The highest BCUT2D eigenvalue weighted by Crippen LogP contribution is 2.16. The largest absolute Gasteiger partial charge is 0.497 e. The van der Waals surface area contributed by atoms with Crippen molar-refractivity contribution < 1.29 is 4.74 Å². The molecule has 6 heteroatoms. The fraction of sp³-hybridized carbons (Fsp3) is 0.600. The first-order valence-electron chi connectivity index (χ1n) is 7.27. The van der Waals surface area contributed by atoms with E-state index < -0.39 is 0 Å². The predicted molar refractivity (Wildman–Crippen MR) is 88.6 cm³/mol. The van der Waals surface area contributed by atoms with Crippen molar-refractivity contribution in [1.29, 1.82) is 0 Å². The standard InChI is InChI=1S/C15H24N4OS/c1-11-8-14(20-3)9-13(17-11)10-18-4-6-19(7-5-18)12(2)15(16)21/h8-9,12H,4-7,10H2,1-3H3,(H2,16,21). The topological polar surface area (TPSA) is 54.6 Å². The van der Waals surface area contributed by atoms with Gasteiger partial charge < -0.3 is 10.5 Å². The molecule has 2 rings (SSSR count). The first kappa shape index (κ1) is 16.1. The number of rotatable bonds is 5. The van der Waals surface area contributed by atoms with Gasteiger partial charge in [-0.2, -0.15) is 0 Å². The maximum absolute atomic E-state index is 5.73. The number of methoxy groups -OCH3 is 1. The average Bonchev–Trinajstić information content (AvgIpc) is 2.46. The molecule has 1 aromatic rings. The molecule has 1 aliphatic rings. The molecule has 1 unspecified atom stereocenters. The van der Waals surface area contributed by atoms with E-state index in [9.17, 15) is 0 Å². The number of aryl methyl sites for hydroxylation is 1. The summed E-state index contributed by atoms with van der Waals surface area (Å²) in [5, 5.41) is 0. The zero-order chi connectivity index (χ0) is 15.4. The molecule has 2 heterocycles. The van der Waals surface area contributed by atoms with E-state index in [1.165, 1.54) is 0 Å². The van der Waals surface area contributed by atoms with Gasteiger partial charge in [0.25, 0.3) is 0 Å². The summed E-state index contributed by atoms with van der Waals surface area (Å²) in [4.78, 5) is 9.90. The second kappa shape index (κ2) is 7.15. The Morgan fingerprint density at radius 1 is 1.38 bits per heavy atom. The molecule has 116 valence electrons. The highest BCUT2D eigenvalue weighted by molar-refractivity contribution is 7.80. The van der Waals surface area contributed by atoms with Crippen molar-refractivity contribution in [2.45, 2.75) is 26.4 Å². The monoisotopic (exact) mass is 308 g/mol. The van der Waals surface area contributed by atoms with Crippen molar-refractivity contribution in [3.05, 3.63) is 23.5 Å². The van der Waals surface area contributed by atoms with Gasteiger partial charge in [0.2, 0.25) is 0 Å². The van der Waals surface area contributed by atoms with Crippen molar-refractivity contribution >= 4 is 17.2 Å². The lowest BCUT2D eigenvalue weighted by atomic mass is 10.2. The van der Waals surface area contributed by atoms with Gasteiger partial charge in [-0.25, -0.2) is 0 Å². The van der Waals surface area contributed by atoms with Crippen LogP contribution in [0.3, 0.4) is 0 Å². The highest BCUT2D eigenvalue weighted by Gasteiger charge is 2.22. The van der Waals surface area contributed by atoms with Crippen LogP contribution in [0.25, 0.3) is 0 Å². The number of hydrogen-bond donors (Lipinski definition) is 1. The molecule has 0 amide bonds. The first-order valence-corrected chi connectivity index (χ1v) is 7.67. The van der Waals surface area contributed by atoms with Gasteiger partial charge in [-0.05, 0) is 13.8 Å². The number of nitrogens with two attached hydrogens (primary N) is 1. The quantitative estimate of drug-likeness (QED) is 0.825. The van der Waals surface area contributed by atoms with Crippen LogP contribution < -0.4 is 10.5 Å². The molecule has 2 N–H and O–H groups in total. The average molecular weight is 308 g/mol. The Balaban J connectivity index is 1.91. The first-order chi connectivity index (χ1) is 9.99. The molecule has 0 saturated carbocycles.